The number of carbonyl (C=O) groups is 1. The largest absolute Gasteiger partial charge is 0.398 e. The number of para-hydroxylation sites is 1. The number of rotatable bonds is 8. The van der Waals surface area contributed by atoms with Crippen LogP contribution in [0.3, 0.4) is 0 Å². The Labute approximate surface area is 119 Å². The molecular formula is C13H21N3O3S. The van der Waals surface area contributed by atoms with E-state index in [1.165, 1.54) is 0 Å². The lowest BCUT2D eigenvalue weighted by Gasteiger charge is -2.08. The molecule has 0 radical (unpaired) electrons. The smallest absolute Gasteiger partial charge is 0.221 e. The Morgan fingerprint density at radius 2 is 1.95 bits per heavy atom. The fourth-order valence-electron chi connectivity index (χ4n) is 1.59. The van der Waals surface area contributed by atoms with E-state index in [4.69, 9.17) is 5.73 Å². The van der Waals surface area contributed by atoms with Crippen molar-refractivity contribution in [1.82, 2.24) is 10.0 Å². The fraction of sp³-hybridized carbons (Fsp3) is 0.462. The third-order valence-electron chi connectivity index (χ3n) is 2.65. The molecular weight excluding hydrogens is 278 g/mol. The molecule has 1 amide bonds. The highest BCUT2D eigenvalue weighted by molar-refractivity contribution is 7.88. The van der Waals surface area contributed by atoms with Gasteiger partial charge < -0.3 is 11.1 Å². The predicted molar refractivity (Wildman–Crippen MR) is 79.4 cm³/mol. The number of hydrogen-bond donors (Lipinski definition) is 3. The van der Waals surface area contributed by atoms with Crippen molar-refractivity contribution in [3.63, 3.8) is 0 Å². The van der Waals surface area contributed by atoms with Crippen LogP contribution in [-0.2, 0) is 20.6 Å². The van der Waals surface area contributed by atoms with Gasteiger partial charge in [-0.15, -0.1) is 0 Å². The molecule has 7 heteroatoms. The molecule has 6 nitrogen and oxygen atoms in total. The number of hydrogen-bond acceptors (Lipinski definition) is 4. The molecule has 20 heavy (non-hydrogen) atoms. The number of benzene rings is 1. The molecule has 4 N–H and O–H groups in total. The van der Waals surface area contributed by atoms with Gasteiger partial charge in [0.05, 0.1) is 5.75 Å². The molecule has 0 aromatic heterocycles. The van der Waals surface area contributed by atoms with Crippen molar-refractivity contribution in [3.05, 3.63) is 29.8 Å². The topological polar surface area (TPSA) is 101 Å². The van der Waals surface area contributed by atoms with Gasteiger partial charge in [0.1, 0.15) is 0 Å². The summed E-state index contributed by atoms with van der Waals surface area (Å²) in [5, 5.41) is 2.68. The number of amides is 1. The van der Waals surface area contributed by atoms with Crippen LogP contribution in [0.4, 0.5) is 5.69 Å². The summed E-state index contributed by atoms with van der Waals surface area (Å²) in [5.41, 5.74) is 6.70. The zero-order chi connectivity index (χ0) is 15.0. The number of nitrogen functional groups attached to an aromatic ring is 1. The average Bonchev–Trinajstić information content (AvgIpc) is 2.38. The predicted octanol–water partition coefficient (Wildman–Crippen LogP) is 0.605. The molecule has 0 unspecified atom stereocenters. The Hall–Kier alpha value is -1.60. The molecule has 1 aromatic rings. The van der Waals surface area contributed by atoms with Gasteiger partial charge in [-0.25, -0.2) is 13.1 Å². The highest BCUT2D eigenvalue weighted by Crippen LogP contribution is 2.13. The first-order valence-electron chi connectivity index (χ1n) is 6.52. The number of carbonyl (C=O) groups excluding carboxylic acids is 1. The summed E-state index contributed by atoms with van der Waals surface area (Å²) in [4.78, 5) is 11.3. The van der Waals surface area contributed by atoms with E-state index in [1.807, 2.05) is 6.92 Å². The molecule has 1 aromatic carbocycles. The molecule has 0 saturated carbocycles. The van der Waals surface area contributed by atoms with Crippen LogP contribution in [0.1, 0.15) is 25.3 Å². The highest BCUT2D eigenvalue weighted by Gasteiger charge is 2.13. The number of sulfonamides is 1. The summed E-state index contributed by atoms with van der Waals surface area (Å²) in [6, 6.07) is 6.81. The summed E-state index contributed by atoms with van der Waals surface area (Å²) >= 11 is 0. The van der Waals surface area contributed by atoms with Crippen LogP contribution in [0.25, 0.3) is 0 Å². The van der Waals surface area contributed by atoms with E-state index in [9.17, 15) is 13.2 Å². The Kier molecular flexibility index (Phi) is 6.47. The quantitative estimate of drug-likeness (QED) is 0.612. The third kappa shape index (κ3) is 6.03. The Balaban J connectivity index is 2.43. The van der Waals surface area contributed by atoms with Crippen LogP contribution in [0.5, 0.6) is 0 Å². The number of nitrogens with two attached hydrogens (primary N) is 1. The van der Waals surface area contributed by atoms with Crippen molar-refractivity contribution in [3.8, 4) is 0 Å². The van der Waals surface area contributed by atoms with Gasteiger partial charge in [0, 0.05) is 25.2 Å². The lowest BCUT2D eigenvalue weighted by atomic mass is 10.2. The molecule has 0 bridgehead atoms. The zero-order valence-electron chi connectivity index (χ0n) is 11.6. The molecule has 0 aliphatic heterocycles. The first-order chi connectivity index (χ1) is 9.44. The van der Waals surface area contributed by atoms with Gasteiger partial charge in [0.15, 0.2) is 0 Å². The SMILES string of the molecule is CCCNC(=O)CCNS(=O)(=O)Cc1ccccc1N. The summed E-state index contributed by atoms with van der Waals surface area (Å²) in [6.07, 6.45) is 0.980. The Morgan fingerprint density at radius 1 is 1.25 bits per heavy atom. The van der Waals surface area contributed by atoms with Gasteiger partial charge >= 0.3 is 0 Å². The van der Waals surface area contributed by atoms with Crippen LogP contribution < -0.4 is 15.8 Å². The summed E-state index contributed by atoms with van der Waals surface area (Å²) in [7, 11) is -3.48. The monoisotopic (exact) mass is 299 g/mol. The Bertz CT molecular complexity index is 544. The molecule has 0 saturated heterocycles. The van der Waals surface area contributed by atoms with Gasteiger partial charge in [-0.3, -0.25) is 4.79 Å². The third-order valence-corrected chi connectivity index (χ3v) is 3.98. The van der Waals surface area contributed by atoms with E-state index >= 15 is 0 Å². The van der Waals surface area contributed by atoms with Gasteiger partial charge in [-0.05, 0) is 18.1 Å². The molecule has 0 atom stereocenters. The maximum atomic E-state index is 11.8. The number of anilines is 1. The van der Waals surface area contributed by atoms with Gasteiger partial charge in [-0.2, -0.15) is 0 Å². The van der Waals surface area contributed by atoms with Crippen molar-refractivity contribution in [2.75, 3.05) is 18.8 Å². The molecule has 112 valence electrons. The van der Waals surface area contributed by atoms with Crippen molar-refractivity contribution >= 4 is 21.6 Å². The van der Waals surface area contributed by atoms with E-state index in [0.29, 0.717) is 17.8 Å². The molecule has 0 fully saturated rings. The van der Waals surface area contributed by atoms with Crippen molar-refractivity contribution in [2.45, 2.75) is 25.5 Å². The van der Waals surface area contributed by atoms with E-state index < -0.39 is 10.0 Å². The lowest BCUT2D eigenvalue weighted by molar-refractivity contribution is -0.120. The van der Waals surface area contributed by atoms with Crippen LogP contribution in [0.2, 0.25) is 0 Å². The number of nitrogens with one attached hydrogen (secondary N) is 2. The fourth-order valence-corrected chi connectivity index (χ4v) is 2.78. The minimum Gasteiger partial charge on any atom is -0.398 e. The normalized spacial score (nSPS) is 11.2. The summed E-state index contributed by atoms with van der Waals surface area (Å²) in [6.45, 7) is 2.64. The molecule has 1 rings (SSSR count). The van der Waals surface area contributed by atoms with E-state index in [1.54, 1.807) is 24.3 Å². The molecule has 0 heterocycles. The minimum atomic E-state index is -3.48. The average molecular weight is 299 g/mol. The van der Waals surface area contributed by atoms with Gasteiger partial charge in [-0.1, -0.05) is 25.1 Å². The second kappa shape index (κ2) is 7.86. The maximum Gasteiger partial charge on any atom is 0.221 e. The maximum absolute atomic E-state index is 11.8. The van der Waals surface area contributed by atoms with E-state index in [2.05, 4.69) is 10.0 Å². The van der Waals surface area contributed by atoms with E-state index in [0.717, 1.165) is 6.42 Å². The van der Waals surface area contributed by atoms with Crippen LogP contribution >= 0.6 is 0 Å². The second-order valence-corrected chi connectivity index (χ2v) is 6.26. The van der Waals surface area contributed by atoms with Crippen molar-refractivity contribution in [2.24, 2.45) is 0 Å². The van der Waals surface area contributed by atoms with E-state index in [-0.39, 0.29) is 24.6 Å². The van der Waals surface area contributed by atoms with Crippen molar-refractivity contribution in [1.29, 1.82) is 0 Å². The Morgan fingerprint density at radius 3 is 2.60 bits per heavy atom. The zero-order valence-corrected chi connectivity index (χ0v) is 12.4. The first-order valence-corrected chi connectivity index (χ1v) is 8.17. The van der Waals surface area contributed by atoms with Crippen LogP contribution in [0, 0.1) is 0 Å². The second-order valence-electron chi connectivity index (χ2n) is 4.45. The van der Waals surface area contributed by atoms with Crippen LogP contribution in [-0.4, -0.2) is 27.4 Å². The lowest BCUT2D eigenvalue weighted by Crippen LogP contribution is -2.31. The summed E-state index contributed by atoms with van der Waals surface area (Å²) in [5.74, 6) is -0.343. The highest BCUT2D eigenvalue weighted by atomic mass is 32.2. The van der Waals surface area contributed by atoms with Gasteiger partial charge in [0.25, 0.3) is 0 Å². The van der Waals surface area contributed by atoms with Crippen molar-refractivity contribution < 1.29 is 13.2 Å². The van der Waals surface area contributed by atoms with Gasteiger partial charge in [0.2, 0.25) is 15.9 Å². The minimum absolute atomic E-state index is 0.0879. The standard InChI is InChI=1S/C13H21N3O3S/c1-2-8-15-13(17)7-9-16-20(18,19)10-11-5-3-4-6-12(11)14/h3-6,16H,2,7-10,14H2,1H3,(H,15,17). The first kappa shape index (κ1) is 16.5. The molecule has 0 aliphatic carbocycles. The summed E-state index contributed by atoms with van der Waals surface area (Å²) < 4.78 is 26.1. The molecule has 0 aliphatic rings. The molecule has 0 spiro atoms. The van der Waals surface area contributed by atoms with Crippen LogP contribution in [0.15, 0.2) is 24.3 Å².